The van der Waals surface area contributed by atoms with Crippen LogP contribution in [0.15, 0.2) is 18.3 Å². The van der Waals surface area contributed by atoms with Crippen molar-refractivity contribution < 1.29 is 4.74 Å². The average molecular weight is 272 g/mol. The molecule has 4 aliphatic rings. The third-order valence-electron chi connectivity index (χ3n) is 5.93. The summed E-state index contributed by atoms with van der Waals surface area (Å²) in [6.07, 6.45) is 10.4. The van der Waals surface area contributed by atoms with Crippen molar-refractivity contribution in [3.63, 3.8) is 0 Å². The van der Waals surface area contributed by atoms with E-state index in [1.165, 1.54) is 38.5 Å². The molecule has 0 atom stereocenters. The quantitative estimate of drug-likeness (QED) is 0.912. The molecule has 1 heterocycles. The molecule has 3 nitrogen and oxygen atoms in total. The second-order valence-corrected chi connectivity index (χ2v) is 7.12. The topological polar surface area (TPSA) is 48.1 Å². The van der Waals surface area contributed by atoms with Gasteiger partial charge in [0.1, 0.15) is 0 Å². The Hall–Kier alpha value is -1.25. The fourth-order valence-electron chi connectivity index (χ4n) is 5.34. The highest BCUT2D eigenvalue weighted by molar-refractivity contribution is 5.44. The number of anilines is 1. The standard InChI is InChI=1S/C17H24N2O/c18-17-16(2-1-4-19-17)20-5-3-15-13-7-11-6-12(9-13)10-14(15)8-11/h1-2,4,11-15H,3,5-10H2,(H2,18,19). The van der Waals surface area contributed by atoms with Crippen molar-refractivity contribution in [2.45, 2.75) is 38.5 Å². The summed E-state index contributed by atoms with van der Waals surface area (Å²) in [4.78, 5) is 4.07. The Morgan fingerprint density at radius 2 is 1.80 bits per heavy atom. The van der Waals surface area contributed by atoms with E-state index in [-0.39, 0.29) is 0 Å². The van der Waals surface area contributed by atoms with Gasteiger partial charge in [0, 0.05) is 6.20 Å². The highest BCUT2D eigenvalue weighted by Gasteiger charge is 2.47. The van der Waals surface area contributed by atoms with E-state index in [9.17, 15) is 0 Å². The monoisotopic (exact) mass is 272 g/mol. The van der Waals surface area contributed by atoms with Crippen LogP contribution in [0.3, 0.4) is 0 Å². The summed E-state index contributed by atoms with van der Waals surface area (Å²) in [6, 6.07) is 3.80. The maximum atomic E-state index is 5.86. The van der Waals surface area contributed by atoms with Gasteiger partial charge in [-0.15, -0.1) is 0 Å². The SMILES string of the molecule is Nc1ncccc1OCCC1C2CC3CC(C2)CC1C3. The summed E-state index contributed by atoms with van der Waals surface area (Å²) in [5.74, 6) is 6.25. The van der Waals surface area contributed by atoms with Crippen LogP contribution in [-0.2, 0) is 0 Å². The number of nitrogens with two attached hydrogens (primary N) is 1. The maximum absolute atomic E-state index is 5.86. The van der Waals surface area contributed by atoms with Gasteiger partial charge in [0.25, 0.3) is 0 Å². The minimum Gasteiger partial charge on any atom is -0.490 e. The normalized spacial score (nSPS) is 38.1. The van der Waals surface area contributed by atoms with Crippen LogP contribution in [0.4, 0.5) is 5.82 Å². The number of hydrogen-bond acceptors (Lipinski definition) is 3. The highest BCUT2D eigenvalue weighted by atomic mass is 16.5. The van der Waals surface area contributed by atoms with Gasteiger partial charge in [0.15, 0.2) is 11.6 Å². The number of aromatic nitrogens is 1. The lowest BCUT2D eigenvalue weighted by atomic mass is 9.51. The molecule has 20 heavy (non-hydrogen) atoms. The zero-order valence-electron chi connectivity index (χ0n) is 12.0. The smallest absolute Gasteiger partial charge is 0.166 e. The number of hydrogen-bond donors (Lipinski definition) is 1. The number of pyridine rings is 1. The molecule has 0 saturated heterocycles. The van der Waals surface area contributed by atoms with Gasteiger partial charge in [-0.3, -0.25) is 0 Å². The lowest BCUT2D eigenvalue weighted by Crippen LogP contribution is -2.45. The first-order chi connectivity index (χ1) is 9.79. The van der Waals surface area contributed by atoms with E-state index in [2.05, 4.69) is 4.98 Å². The molecule has 5 rings (SSSR count). The van der Waals surface area contributed by atoms with E-state index < -0.39 is 0 Å². The van der Waals surface area contributed by atoms with E-state index >= 15 is 0 Å². The van der Waals surface area contributed by atoms with Crippen molar-refractivity contribution in [1.29, 1.82) is 0 Å². The number of ether oxygens (including phenoxy) is 1. The third kappa shape index (κ3) is 2.17. The highest BCUT2D eigenvalue weighted by Crippen LogP contribution is 2.57. The van der Waals surface area contributed by atoms with Gasteiger partial charge in [-0.2, -0.15) is 0 Å². The molecular formula is C17H24N2O. The summed E-state index contributed by atoms with van der Waals surface area (Å²) in [7, 11) is 0. The molecule has 0 aliphatic heterocycles. The number of nitrogens with zero attached hydrogens (tertiary/aromatic N) is 1. The van der Waals surface area contributed by atoms with Crippen molar-refractivity contribution in [2.75, 3.05) is 12.3 Å². The van der Waals surface area contributed by atoms with Gasteiger partial charge < -0.3 is 10.5 Å². The molecule has 0 spiro atoms. The largest absolute Gasteiger partial charge is 0.490 e. The van der Waals surface area contributed by atoms with Crippen molar-refractivity contribution in [3.8, 4) is 5.75 Å². The van der Waals surface area contributed by atoms with Crippen molar-refractivity contribution in [2.24, 2.45) is 29.6 Å². The second kappa shape index (κ2) is 4.94. The second-order valence-electron chi connectivity index (χ2n) is 7.12. The van der Waals surface area contributed by atoms with E-state index in [4.69, 9.17) is 10.5 Å². The summed E-state index contributed by atoms with van der Waals surface area (Å²) in [5.41, 5.74) is 5.82. The van der Waals surface area contributed by atoms with Crippen molar-refractivity contribution >= 4 is 5.82 Å². The van der Waals surface area contributed by atoms with Gasteiger partial charge in [-0.1, -0.05) is 0 Å². The van der Waals surface area contributed by atoms with E-state index in [1.807, 2.05) is 12.1 Å². The molecule has 1 aromatic rings. The Morgan fingerprint density at radius 1 is 1.10 bits per heavy atom. The van der Waals surface area contributed by atoms with Crippen molar-refractivity contribution in [3.05, 3.63) is 18.3 Å². The molecule has 0 unspecified atom stereocenters. The summed E-state index contributed by atoms with van der Waals surface area (Å²) in [5, 5.41) is 0. The number of rotatable bonds is 4. The number of nitrogen functional groups attached to an aromatic ring is 1. The Bertz CT molecular complexity index is 460. The van der Waals surface area contributed by atoms with Crippen LogP contribution in [0, 0.1) is 29.6 Å². The zero-order chi connectivity index (χ0) is 13.5. The summed E-state index contributed by atoms with van der Waals surface area (Å²) in [6.45, 7) is 0.795. The van der Waals surface area contributed by atoms with Gasteiger partial charge in [0.2, 0.25) is 0 Å². The third-order valence-corrected chi connectivity index (χ3v) is 5.93. The van der Waals surface area contributed by atoms with Crippen LogP contribution < -0.4 is 10.5 Å². The van der Waals surface area contributed by atoms with Gasteiger partial charge in [-0.25, -0.2) is 4.98 Å². The first kappa shape index (κ1) is 12.5. The fourth-order valence-corrected chi connectivity index (χ4v) is 5.34. The lowest BCUT2D eigenvalue weighted by Gasteiger charge is -2.54. The van der Waals surface area contributed by atoms with E-state index in [0.29, 0.717) is 5.82 Å². The lowest BCUT2D eigenvalue weighted by molar-refractivity contribution is -0.0435. The van der Waals surface area contributed by atoms with Crippen LogP contribution in [0.25, 0.3) is 0 Å². The first-order valence-corrected chi connectivity index (χ1v) is 8.13. The van der Waals surface area contributed by atoms with Gasteiger partial charge >= 0.3 is 0 Å². The molecule has 1 aromatic heterocycles. The first-order valence-electron chi connectivity index (χ1n) is 8.13. The summed E-state index contributed by atoms with van der Waals surface area (Å²) < 4.78 is 5.86. The average Bonchev–Trinajstić information content (AvgIpc) is 2.43. The molecule has 4 bridgehead atoms. The van der Waals surface area contributed by atoms with E-state index in [0.717, 1.165) is 41.9 Å². The minimum atomic E-state index is 0.512. The molecule has 4 fully saturated rings. The molecule has 108 valence electrons. The predicted octanol–water partition coefficient (Wildman–Crippen LogP) is 3.51. The van der Waals surface area contributed by atoms with Crippen LogP contribution >= 0.6 is 0 Å². The molecule has 4 saturated carbocycles. The Labute approximate surface area is 120 Å². The van der Waals surface area contributed by atoms with Crippen LogP contribution in [-0.4, -0.2) is 11.6 Å². The van der Waals surface area contributed by atoms with Crippen LogP contribution in [0.1, 0.15) is 38.5 Å². The minimum absolute atomic E-state index is 0.512. The molecule has 0 aromatic carbocycles. The Balaban J connectivity index is 1.35. The predicted molar refractivity (Wildman–Crippen MR) is 79.3 cm³/mol. The summed E-state index contributed by atoms with van der Waals surface area (Å²) >= 11 is 0. The van der Waals surface area contributed by atoms with Crippen LogP contribution in [0.5, 0.6) is 5.75 Å². The molecule has 0 radical (unpaired) electrons. The molecule has 3 heteroatoms. The zero-order valence-corrected chi connectivity index (χ0v) is 12.0. The Kier molecular flexibility index (Phi) is 3.08. The molecule has 2 N–H and O–H groups in total. The molecule has 4 aliphatic carbocycles. The molecular weight excluding hydrogens is 248 g/mol. The maximum Gasteiger partial charge on any atom is 0.166 e. The van der Waals surface area contributed by atoms with Crippen molar-refractivity contribution in [1.82, 2.24) is 4.98 Å². The van der Waals surface area contributed by atoms with Gasteiger partial charge in [-0.05, 0) is 80.2 Å². The van der Waals surface area contributed by atoms with E-state index in [1.54, 1.807) is 6.20 Å². The van der Waals surface area contributed by atoms with Crippen LogP contribution in [0.2, 0.25) is 0 Å². The Morgan fingerprint density at radius 3 is 2.45 bits per heavy atom. The van der Waals surface area contributed by atoms with Gasteiger partial charge in [0.05, 0.1) is 6.61 Å². The molecule has 0 amide bonds. The fraction of sp³-hybridized carbons (Fsp3) is 0.706.